The Kier molecular flexibility index (Phi) is 6.44. The SMILES string of the molecule is NC(CC(C#Cc1ccc(Cl)cc1)Cc1ccccc1)c1cccc2cccnc12. The van der Waals surface area contributed by atoms with E-state index >= 15 is 0 Å². The van der Waals surface area contributed by atoms with Crippen molar-refractivity contribution in [2.45, 2.75) is 18.9 Å². The van der Waals surface area contributed by atoms with E-state index in [2.05, 4.69) is 59.3 Å². The van der Waals surface area contributed by atoms with Crippen molar-refractivity contribution in [1.82, 2.24) is 4.98 Å². The molecule has 0 saturated carbocycles. The van der Waals surface area contributed by atoms with Crippen molar-refractivity contribution in [3.63, 3.8) is 0 Å². The van der Waals surface area contributed by atoms with E-state index in [9.17, 15) is 0 Å². The third kappa shape index (κ3) is 5.07. The number of pyridine rings is 1. The van der Waals surface area contributed by atoms with Gasteiger partial charge in [-0.15, -0.1) is 0 Å². The van der Waals surface area contributed by atoms with Crippen LogP contribution in [0.15, 0.2) is 91.1 Å². The average molecular weight is 411 g/mol. The summed E-state index contributed by atoms with van der Waals surface area (Å²) in [6, 6.07) is 28.1. The molecule has 0 saturated heterocycles. The van der Waals surface area contributed by atoms with Crippen molar-refractivity contribution in [3.8, 4) is 11.8 Å². The van der Waals surface area contributed by atoms with Crippen LogP contribution in [0.5, 0.6) is 0 Å². The maximum absolute atomic E-state index is 6.68. The largest absolute Gasteiger partial charge is 0.324 e. The van der Waals surface area contributed by atoms with Crippen LogP contribution in [-0.2, 0) is 6.42 Å². The van der Waals surface area contributed by atoms with Crippen molar-refractivity contribution in [2.24, 2.45) is 11.7 Å². The van der Waals surface area contributed by atoms with Gasteiger partial charge in [0.1, 0.15) is 0 Å². The first-order valence-corrected chi connectivity index (χ1v) is 10.5. The van der Waals surface area contributed by atoms with Gasteiger partial charge in [-0.05, 0) is 54.3 Å². The smallest absolute Gasteiger partial charge is 0.0749 e. The fourth-order valence-corrected chi connectivity index (χ4v) is 3.80. The first kappa shape index (κ1) is 20.2. The van der Waals surface area contributed by atoms with Crippen molar-refractivity contribution < 1.29 is 0 Å². The lowest BCUT2D eigenvalue weighted by atomic mass is 9.89. The maximum atomic E-state index is 6.68. The first-order chi connectivity index (χ1) is 14.7. The Bertz CT molecular complexity index is 1170. The van der Waals surface area contributed by atoms with E-state index in [-0.39, 0.29) is 12.0 Å². The molecule has 1 aromatic heterocycles. The highest BCUT2D eigenvalue weighted by atomic mass is 35.5. The number of fused-ring (bicyclic) bond motifs is 1. The molecule has 148 valence electrons. The molecule has 0 aliphatic carbocycles. The van der Waals surface area contributed by atoms with Gasteiger partial charge in [0.25, 0.3) is 0 Å². The van der Waals surface area contributed by atoms with Gasteiger partial charge in [0.2, 0.25) is 0 Å². The summed E-state index contributed by atoms with van der Waals surface area (Å²) in [7, 11) is 0. The zero-order valence-electron chi connectivity index (χ0n) is 16.6. The molecular weight excluding hydrogens is 388 g/mol. The molecule has 2 N–H and O–H groups in total. The lowest BCUT2D eigenvalue weighted by molar-refractivity contribution is 0.529. The molecule has 2 atom stereocenters. The van der Waals surface area contributed by atoms with Crippen LogP contribution in [0.1, 0.15) is 29.2 Å². The molecule has 1 heterocycles. The summed E-state index contributed by atoms with van der Waals surface area (Å²) >= 11 is 6.00. The number of para-hydroxylation sites is 1. The van der Waals surface area contributed by atoms with Crippen LogP contribution in [0.4, 0.5) is 0 Å². The standard InChI is InChI=1S/C27H23ClN2/c28-24-15-13-20(14-16-24)11-12-22(18-21-6-2-1-3-7-21)19-26(29)25-10-4-8-23-9-5-17-30-27(23)25/h1-10,13-17,22,26H,18-19,29H2. The Labute approximate surface area is 182 Å². The second kappa shape index (κ2) is 9.59. The lowest BCUT2D eigenvalue weighted by Gasteiger charge is -2.18. The van der Waals surface area contributed by atoms with E-state index in [1.807, 2.05) is 48.7 Å². The molecule has 0 aliphatic rings. The number of benzene rings is 3. The summed E-state index contributed by atoms with van der Waals surface area (Å²) in [6.07, 6.45) is 3.43. The summed E-state index contributed by atoms with van der Waals surface area (Å²) in [5.74, 6) is 6.89. The van der Waals surface area contributed by atoms with E-state index in [0.717, 1.165) is 34.9 Å². The van der Waals surface area contributed by atoms with Crippen molar-refractivity contribution in [3.05, 3.63) is 113 Å². The third-order valence-electron chi connectivity index (χ3n) is 5.19. The molecular formula is C27H23ClN2. The maximum Gasteiger partial charge on any atom is 0.0749 e. The van der Waals surface area contributed by atoms with Crippen LogP contribution in [0, 0.1) is 17.8 Å². The second-order valence-corrected chi connectivity index (χ2v) is 7.86. The van der Waals surface area contributed by atoms with Crippen LogP contribution in [-0.4, -0.2) is 4.98 Å². The molecule has 2 unspecified atom stereocenters. The van der Waals surface area contributed by atoms with Gasteiger partial charge in [-0.3, -0.25) is 4.98 Å². The van der Waals surface area contributed by atoms with Crippen LogP contribution >= 0.6 is 11.6 Å². The molecule has 0 bridgehead atoms. The summed E-state index contributed by atoms with van der Waals surface area (Å²) < 4.78 is 0. The predicted molar refractivity (Wildman–Crippen MR) is 125 cm³/mol. The zero-order valence-corrected chi connectivity index (χ0v) is 17.4. The van der Waals surface area contributed by atoms with Crippen molar-refractivity contribution in [1.29, 1.82) is 0 Å². The molecule has 3 aromatic carbocycles. The number of rotatable bonds is 5. The summed E-state index contributed by atoms with van der Waals surface area (Å²) in [6.45, 7) is 0. The fraction of sp³-hybridized carbons (Fsp3) is 0.148. The van der Waals surface area contributed by atoms with Crippen LogP contribution in [0.2, 0.25) is 5.02 Å². The minimum Gasteiger partial charge on any atom is -0.324 e. The Hall–Kier alpha value is -3.12. The molecule has 0 fully saturated rings. The highest BCUT2D eigenvalue weighted by Crippen LogP contribution is 2.27. The van der Waals surface area contributed by atoms with Crippen molar-refractivity contribution in [2.75, 3.05) is 0 Å². The lowest BCUT2D eigenvalue weighted by Crippen LogP contribution is -2.17. The normalized spacial score (nSPS) is 12.7. The quantitative estimate of drug-likeness (QED) is 0.398. The topological polar surface area (TPSA) is 38.9 Å². The first-order valence-electron chi connectivity index (χ1n) is 10.1. The van der Waals surface area contributed by atoms with Gasteiger partial charge in [-0.2, -0.15) is 0 Å². The number of nitrogens with zero attached hydrogens (tertiary/aromatic N) is 1. The molecule has 4 rings (SSSR count). The van der Waals surface area contributed by atoms with Crippen molar-refractivity contribution >= 4 is 22.5 Å². The summed E-state index contributed by atoms with van der Waals surface area (Å²) in [5.41, 5.74) is 10.9. The van der Waals surface area contributed by atoms with Gasteiger partial charge in [-0.1, -0.05) is 78.0 Å². The number of nitrogens with two attached hydrogens (primary N) is 1. The van der Waals surface area contributed by atoms with Gasteiger partial charge < -0.3 is 5.73 Å². The van der Waals surface area contributed by atoms with Gasteiger partial charge >= 0.3 is 0 Å². The Morgan fingerprint density at radius 2 is 1.63 bits per heavy atom. The molecule has 3 heteroatoms. The molecule has 0 amide bonds. The van der Waals surface area contributed by atoms with E-state index in [1.54, 1.807) is 0 Å². The van der Waals surface area contributed by atoms with Gasteiger partial charge in [0, 0.05) is 34.1 Å². The fourth-order valence-electron chi connectivity index (χ4n) is 3.67. The predicted octanol–water partition coefficient (Wildman–Crippen LogP) is 6.19. The molecule has 2 nitrogen and oxygen atoms in total. The highest BCUT2D eigenvalue weighted by Gasteiger charge is 2.16. The van der Waals surface area contributed by atoms with Crippen LogP contribution < -0.4 is 5.73 Å². The van der Waals surface area contributed by atoms with E-state index in [4.69, 9.17) is 17.3 Å². The Morgan fingerprint density at radius 1 is 0.867 bits per heavy atom. The third-order valence-corrected chi connectivity index (χ3v) is 5.44. The molecule has 0 spiro atoms. The zero-order chi connectivity index (χ0) is 20.8. The highest BCUT2D eigenvalue weighted by molar-refractivity contribution is 6.30. The molecule has 0 radical (unpaired) electrons. The number of halogens is 1. The van der Waals surface area contributed by atoms with E-state index in [0.29, 0.717) is 5.02 Å². The van der Waals surface area contributed by atoms with Crippen LogP contribution in [0.25, 0.3) is 10.9 Å². The second-order valence-electron chi connectivity index (χ2n) is 7.43. The van der Waals surface area contributed by atoms with Gasteiger partial charge in [0.05, 0.1) is 5.52 Å². The van der Waals surface area contributed by atoms with Gasteiger partial charge in [-0.25, -0.2) is 0 Å². The monoisotopic (exact) mass is 410 g/mol. The Balaban J connectivity index is 1.61. The Morgan fingerprint density at radius 3 is 2.43 bits per heavy atom. The van der Waals surface area contributed by atoms with E-state index in [1.165, 1.54) is 5.56 Å². The minimum atomic E-state index is -0.142. The summed E-state index contributed by atoms with van der Waals surface area (Å²) in [5, 5.41) is 1.82. The minimum absolute atomic E-state index is 0.122. The van der Waals surface area contributed by atoms with Gasteiger partial charge in [0.15, 0.2) is 0 Å². The van der Waals surface area contributed by atoms with E-state index < -0.39 is 0 Å². The molecule has 30 heavy (non-hydrogen) atoms. The molecule has 0 aliphatic heterocycles. The molecule has 4 aromatic rings. The number of hydrogen-bond acceptors (Lipinski definition) is 2. The van der Waals surface area contributed by atoms with Crippen LogP contribution in [0.3, 0.4) is 0 Å². The average Bonchev–Trinajstić information content (AvgIpc) is 2.79. The number of aromatic nitrogens is 1. The summed E-state index contributed by atoms with van der Waals surface area (Å²) in [4.78, 5) is 4.57. The number of hydrogen-bond donors (Lipinski definition) is 1.